The van der Waals surface area contributed by atoms with Crippen molar-refractivity contribution in [2.45, 2.75) is 44.6 Å². The van der Waals surface area contributed by atoms with E-state index in [-0.39, 0.29) is 11.3 Å². The van der Waals surface area contributed by atoms with E-state index in [9.17, 15) is 4.79 Å². The van der Waals surface area contributed by atoms with Crippen LogP contribution in [-0.2, 0) is 16.0 Å². The van der Waals surface area contributed by atoms with Crippen LogP contribution in [-0.4, -0.2) is 35.1 Å². The molecule has 0 bridgehead atoms. The normalized spacial score (nSPS) is 28.3. The highest BCUT2D eigenvalue weighted by molar-refractivity contribution is 5.76. The van der Waals surface area contributed by atoms with Crippen LogP contribution in [0.4, 0.5) is 0 Å². The van der Waals surface area contributed by atoms with E-state index >= 15 is 0 Å². The molecule has 0 spiro atoms. The van der Waals surface area contributed by atoms with Gasteiger partial charge in [0.15, 0.2) is 0 Å². The van der Waals surface area contributed by atoms with Gasteiger partial charge in [0.1, 0.15) is 5.82 Å². The summed E-state index contributed by atoms with van der Waals surface area (Å²) < 4.78 is 5.77. The maximum atomic E-state index is 12.0. The summed E-state index contributed by atoms with van der Waals surface area (Å²) in [5.41, 5.74) is 0.207. The molecule has 2 atom stereocenters. The number of amides is 1. The zero-order valence-electron chi connectivity index (χ0n) is 11.7. The summed E-state index contributed by atoms with van der Waals surface area (Å²) in [7, 11) is 0. The minimum absolute atomic E-state index is 0.0874. The monoisotopic (exact) mass is 275 g/mol. The summed E-state index contributed by atoms with van der Waals surface area (Å²) >= 11 is 0. The Labute approximate surface area is 119 Å². The molecule has 2 aliphatic rings. The van der Waals surface area contributed by atoms with Crippen molar-refractivity contribution in [2.75, 3.05) is 13.2 Å². The number of nitrogens with zero attached hydrogens (tertiary/aromatic N) is 2. The van der Waals surface area contributed by atoms with E-state index in [4.69, 9.17) is 4.74 Å². The van der Waals surface area contributed by atoms with Crippen molar-refractivity contribution in [1.29, 1.82) is 0 Å². The molecule has 1 aliphatic carbocycles. The van der Waals surface area contributed by atoms with Crippen LogP contribution in [0, 0.1) is 5.41 Å². The van der Waals surface area contributed by atoms with Gasteiger partial charge in [-0.15, -0.1) is 0 Å². The van der Waals surface area contributed by atoms with Crippen molar-refractivity contribution in [3.05, 3.63) is 24.3 Å². The van der Waals surface area contributed by atoms with E-state index in [0.29, 0.717) is 18.9 Å². The third kappa shape index (κ3) is 2.82. The number of fused-ring (bicyclic) bond motifs is 1. The first kappa shape index (κ1) is 13.5. The second-order valence-electron chi connectivity index (χ2n) is 5.81. The number of aromatic nitrogens is 2. The van der Waals surface area contributed by atoms with E-state index < -0.39 is 0 Å². The van der Waals surface area contributed by atoms with Crippen molar-refractivity contribution in [1.82, 2.24) is 15.3 Å². The minimum Gasteiger partial charge on any atom is -0.378 e. The van der Waals surface area contributed by atoms with Gasteiger partial charge in [-0.3, -0.25) is 4.79 Å². The van der Waals surface area contributed by atoms with Gasteiger partial charge in [-0.25, -0.2) is 9.97 Å². The largest absolute Gasteiger partial charge is 0.378 e. The van der Waals surface area contributed by atoms with Gasteiger partial charge in [0.05, 0.1) is 6.10 Å². The molecule has 1 amide bonds. The second-order valence-corrected chi connectivity index (χ2v) is 5.81. The Morgan fingerprint density at radius 1 is 1.40 bits per heavy atom. The molecule has 3 rings (SSSR count). The standard InChI is InChI=1S/C15H21N3O2/c19-14(5-4-13-16-8-2-9-17-13)18-11-15-6-1-3-12(15)20-10-7-15/h2,8-9,12H,1,3-7,10-11H2,(H,18,19)/t12-,15-/m0/s1. The maximum Gasteiger partial charge on any atom is 0.220 e. The molecule has 0 aromatic carbocycles. The molecule has 1 N–H and O–H groups in total. The lowest BCUT2D eigenvalue weighted by molar-refractivity contribution is -0.121. The molecule has 5 nitrogen and oxygen atoms in total. The van der Waals surface area contributed by atoms with Crippen LogP contribution in [0.2, 0.25) is 0 Å². The van der Waals surface area contributed by atoms with Gasteiger partial charge in [-0.1, -0.05) is 6.42 Å². The number of carbonyl (C=O) groups is 1. The Morgan fingerprint density at radius 2 is 2.25 bits per heavy atom. The fraction of sp³-hybridized carbons (Fsp3) is 0.667. The number of ether oxygens (including phenoxy) is 1. The van der Waals surface area contributed by atoms with Crippen LogP contribution < -0.4 is 5.32 Å². The Morgan fingerprint density at radius 3 is 3.10 bits per heavy atom. The molecule has 1 aromatic heterocycles. The van der Waals surface area contributed by atoms with Crippen LogP contribution in [0.15, 0.2) is 18.5 Å². The SMILES string of the molecule is O=C(CCc1ncccn1)NC[C@@]12CCC[C@@H]1OCC2. The molecule has 108 valence electrons. The summed E-state index contributed by atoms with van der Waals surface area (Å²) in [6, 6.07) is 1.78. The average molecular weight is 275 g/mol. The third-order valence-electron chi connectivity index (χ3n) is 4.58. The number of hydrogen-bond donors (Lipinski definition) is 1. The van der Waals surface area contributed by atoms with Gasteiger partial charge in [0, 0.05) is 43.8 Å². The van der Waals surface area contributed by atoms with Crippen molar-refractivity contribution < 1.29 is 9.53 Å². The second kappa shape index (κ2) is 5.87. The van der Waals surface area contributed by atoms with Gasteiger partial charge in [0.25, 0.3) is 0 Å². The fourth-order valence-electron chi connectivity index (χ4n) is 3.40. The smallest absolute Gasteiger partial charge is 0.220 e. The quantitative estimate of drug-likeness (QED) is 0.884. The molecular formula is C15H21N3O2. The molecule has 2 heterocycles. The predicted molar refractivity (Wildman–Crippen MR) is 74.0 cm³/mol. The van der Waals surface area contributed by atoms with Crippen molar-refractivity contribution in [2.24, 2.45) is 5.41 Å². The summed E-state index contributed by atoms with van der Waals surface area (Å²) in [4.78, 5) is 20.2. The van der Waals surface area contributed by atoms with Gasteiger partial charge >= 0.3 is 0 Å². The Balaban J connectivity index is 1.45. The number of rotatable bonds is 5. The molecule has 2 fully saturated rings. The zero-order valence-corrected chi connectivity index (χ0v) is 11.7. The zero-order chi connectivity index (χ0) is 13.8. The van der Waals surface area contributed by atoms with Crippen molar-refractivity contribution in [3.8, 4) is 0 Å². The van der Waals surface area contributed by atoms with E-state index in [1.54, 1.807) is 18.5 Å². The van der Waals surface area contributed by atoms with Gasteiger partial charge in [-0.2, -0.15) is 0 Å². The van der Waals surface area contributed by atoms with Crippen LogP contribution in [0.3, 0.4) is 0 Å². The van der Waals surface area contributed by atoms with E-state index in [1.165, 1.54) is 12.8 Å². The van der Waals surface area contributed by atoms with Gasteiger partial charge in [-0.05, 0) is 25.3 Å². The minimum atomic E-state index is 0.0874. The molecule has 1 saturated carbocycles. The van der Waals surface area contributed by atoms with Crippen LogP contribution in [0.1, 0.15) is 37.9 Å². The molecule has 5 heteroatoms. The van der Waals surface area contributed by atoms with E-state index in [1.807, 2.05) is 0 Å². The van der Waals surface area contributed by atoms with Crippen LogP contribution in [0.5, 0.6) is 0 Å². The first-order valence-corrected chi connectivity index (χ1v) is 7.43. The third-order valence-corrected chi connectivity index (χ3v) is 4.58. The fourth-order valence-corrected chi connectivity index (χ4v) is 3.40. The molecule has 1 saturated heterocycles. The predicted octanol–water partition coefficient (Wildman–Crippen LogP) is 1.48. The first-order valence-electron chi connectivity index (χ1n) is 7.43. The lowest BCUT2D eigenvalue weighted by atomic mass is 9.83. The summed E-state index contributed by atoms with van der Waals surface area (Å²) in [5, 5.41) is 3.08. The Kier molecular flexibility index (Phi) is 3.96. The molecule has 20 heavy (non-hydrogen) atoms. The summed E-state index contributed by atoms with van der Waals surface area (Å²) in [5.74, 6) is 0.813. The lowest BCUT2D eigenvalue weighted by Crippen LogP contribution is -2.39. The Bertz CT molecular complexity index is 453. The van der Waals surface area contributed by atoms with Gasteiger partial charge in [0.2, 0.25) is 5.91 Å². The highest BCUT2D eigenvalue weighted by Crippen LogP contribution is 2.46. The maximum absolute atomic E-state index is 12.0. The average Bonchev–Trinajstić information content (AvgIpc) is 3.04. The molecule has 1 aromatic rings. The number of carbonyl (C=O) groups excluding carboxylic acids is 1. The first-order chi connectivity index (χ1) is 9.78. The number of hydrogen-bond acceptors (Lipinski definition) is 4. The van der Waals surface area contributed by atoms with Crippen LogP contribution >= 0.6 is 0 Å². The highest BCUT2D eigenvalue weighted by Gasteiger charge is 2.47. The molecule has 1 aliphatic heterocycles. The molecule has 0 radical (unpaired) electrons. The highest BCUT2D eigenvalue weighted by atomic mass is 16.5. The van der Waals surface area contributed by atoms with Crippen molar-refractivity contribution >= 4 is 5.91 Å². The summed E-state index contributed by atoms with van der Waals surface area (Å²) in [6.07, 6.45) is 9.45. The van der Waals surface area contributed by atoms with E-state index in [2.05, 4.69) is 15.3 Å². The lowest BCUT2D eigenvalue weighted by Gasteiger charge is -2.27. The number of aryl methyl sites for hydroxylation is 1. The van der Waals surface area contributed by atoms with Crippen molar-refractivity contribution in [3.63, 3.8) is 0 Å². The van der Waals surface area contributed by atoms with Gasteiger partial charge < -0.3 is 10.1 Å². The number of nitrogens with one attached hydrogen (secondary N) is 1. The summed E-state index contributed by atoms with van der Waals surface area (Å²) in [6.45, 7) is 1.60. The Hall–Kier alpha value is -1.49. The van der Waals surface area contributed by atoms with Crippen LogP contribution in [0.25, 0.3) is 0 Å². The van der Waals surface area contributed by atoms with E-state index in [0.717, 1.165) is 31.8 Å². The topological polar surface area (TPSA) is 64.1 Å². The molecular weight excluding hydrogens is 254 g/mol. The molecule has 0 unspecified atom stereocenters.